The molecule has 0 aliphatic carbocycles. The minimum atomic E-state index is -0.779. The molecule has 1 fully saturated rings. The molecule has 0 spiro atoms. The van der Waals surface area contributed by atoms with Crippen molar-refractivity contribution in [3.05, 3.63) is 24.1 Å². The second-order valence-corrected chi connectivity index (χ2v) is 3.61. The summed E-state index contributed by atoms with van der Waals surface area (Å²) < 4.78 is 17.8. The Hall–Kier alpha value is -1.85. The lowest BCUT2D eigenvalue weighted by molar-refractivity contribution is 0.117. The number of nitrogens with zero attached hydrogens (tertiary/aromatic N) is 2. The number of ether oxygens (including phenoxy) is 1. The van der Waals surface area contributed by atoms with Crippen molar-refractivity contribution in [3.8, 4) is 0 Å². The van der Waals surface area contributed by atoms with E-state index in [1.807, 2.05) is 4.90 Å². The van der Waals surface area contributed by atoms with Crippen LogP contribution in [0.4, 0.5) is 15.0 Å². The number of primary amides is 1. The minimum absolute atomic E-state index is 0.234. The van der Waals surface area contributed by atoms with Gasteiger partial charge in [-0.2, -0.15) is 4.39 Å². The minimum Gasteiger partial charge on any atom is -0.444 e. The van der Waals surface area contributed by atoms with Gasteiger partial charge in [-0.05, 0) is 12.1 Å². The van der Waals surface area contributed by atoms with Crippen LogP contribution in [0.3, 0.4) is 0 Å². The summed E-state index contributed by atoms with van der Waals surface area (Å²) in [4.78, 5) is 16.2. The molecule has 1 aromatic rings. The molecule has 2 N–H and O–H groups in total. The monoisotopic (exact) mass is 225 g/mol. The molecule has 0 radical (unpaired) electrons. The van der Waals surface area contributed by atoms with Crippen molar-refractivity contribution < 1.29 is 13.9 Å². The summed E-state index contributed by atoms with van der Waals surface area (Å²) in [6.45, 7) is 1.17. The highest BCUT2D eigenvalue weighted by Crippen LogP contribution is 2.19. The summed E-state index contributed by atoms with van der Waals surface area (Å²) >= 11 is 0. The Kier molecular flexibility index (Phi) is 2.89. The van der Waals surface area contributed by atoms with Crippen molar-refractivity contribution in [2.45, 2.75) is 12.5 Å². The second-order valence-electron chi connectivity index (χ2n) is 3.61. The highest BCUT2D eigenvalue weighted by molar-refractivity contribution is 5.65. The molecule has 16 heavy (non-hydrogen) atoms. The molecule has 86 valence electrons. The number of anilines is 1. The molecule has 1 aromatic heterocycles. The highest BCUT2D eigenvalue weighted by Gasteiger charge is 2.25. The second kappa shape index (κ2) is 4.34. The first-order chi connectivity index (χ1) is 7.65. The van der Waals surface area contributed by atoms with Gasteiger partial charge in [-0.1, -0.05) is 6.07 Å². The lowest BCUT2D eigenvalue weighted by atomic mass is 10.3. The zero-order chi connectivity index (χ0) is 11.5. The SMILES string of the molecule is NC(=O)O[C@@H]1CCN(c2cccc(F)n2)C1. The summed E-state index contributed by atoms with van der Waals surface area (Å²) in [6.07, 6.45) is -0.331. The number of pyridine rings is 1. The van der Waals surface area contributed by atoms with E-state index in [2.05, 4.69) is 4.98 Å². The largest absolute Gasteiger partial charge is 0.444 e. The number of carbonyl (C=O) groups excluding carboxylic acids is 1. The fourth-order valence-corrected chi connectivity index (χ4v) is 1.77. The molecule has 6 heteroatoms. The predicted molar refractivity (Wildman–Crippen MR) is 55.5 cm³/mol. The van der Waals surface area contributed by atoms with Crippen molar-refractivity contribution in [1.29, 1.82) is 0 Å². The molecule has 0 saturated carbocycles. The summed E-state index contributed by atoms with van der Waals surface area (Å²) in [5, 5.41) is 0. The number of nitrogens with two attached hydrogens (primary N) is 1. The lowest BCUT2D eigenvalue weighted by Crippen LogP contribution is -2.27. The molecule has 0 unspecified atom stereocenters. The van der Waals surface area contributed by atoms with E-state index in [1.54, 1.807) is 12.1 Å². The Balaban J connectivity index is 2.00. The van der Waals surface area contributed by atoms with E-state index in [0.717, 1.165) is 0 Å². The highest BCUT2D eigenvalue weighted by atomic mass is 19.1. The molecule has 5 nitrogen and oxygen atoms in total. The van der Waals surface area contributed by atoms with E-state index in [9.17, 15) is 9.18 Å². The van der Waals surface area contributed by atoms with Crippen LogP contribution in [-0.4, -0.2) is 30.3 Å². The Labute approximate surface area is 92.0 Å². The van der Waals surface area contributed by atoms with Gasteiger partial charge < -0.3 is 15.4 Å². The molecule has 1 saturated heterocycles. The summed E-state index contributed by atoms with van der Waals surface area (Å²) in [5.74, 6) is 0.0346. The summed E-state index contributed by atoms with van der Waals surface area (Å²) in [6, 6.07) is 4.60. The Morgan fingerprint density at radius 2 is 2.44 bits per heavy atom. The van der Waals surface area contributed by atoms with Gasteiger partial charge in [-0.3, -0.25) is 0 Å². The van der Waals surface area contributed by atoms with Gasteiger partial charge in [-0.25, -0.2) is 9.78 Å². The predicted octanol–water partition coefficient (Wildman–Crippen LogP) is 0.895. The molecule has 1 amide bonds. The van der Waals surface area contributed by atoms with Crippen LogP contribution >= 0.6 is 0 Å². The molecule has 0 aromatic carbocycles. The van der Waals surface area contributed by atoms with Crippen LogP contribution in [0.15, 0.2) is 18.2 Å². The maximum absolute atomic E-state index is 12.9. The van der Waals surface area contributed by atoms with Gasteiger partial charge in [-0.15, -0.1) is 0 Å². The maximum atomic E-state index is 12.9. The number of aromatic nitrogens is 1. The van der Waals surface area contributed by atoms with Gasteiger partial charge in [0.2, 0.25) is 5.95 Å². The van der Waals surface area contributed by atoms with Gasteiger partial charge in [0.15, 0.2) is 0 Å². The third-order valence-electron chi connectivity index (χ3n) is 2.45. The first kappa shape index (κ1) is 10.7. The molecular formula is C10H12FN3O2. The van der Waals surface area contributed by atoms with Crippen LogP contribution in [0, 0.1) is 5.95 Å². The van der Waals surface area contributed by atoms with Gasteiger partial charge in [0, 0.05) is 13.0 Å². The van der Waals surface area contributed by atoms with Crippen molar-refractivity contribution in [2.24, 2.45) is 5.73 Å². The number of amides is 1. The van der Waals surface area contributed by atoms with Crippen molar-refractivity contribution >= 4 is 11.9 Å². The summed E-state index contributed by atoms with van der Waals surface area (Å²) in [5.41, 5.74) is 4.93. The smallest absolute Gasteiger partial charge is 0.404 e. The average molecular weight is 225 g/mol. The van der Waals surface area contributed by atoms with Crippen LogP contribution in [0.5, 0.6) is 0 Å². The van der Waals surface area contributed by atoms with E-state index in [0.29, 0.717) is 25.3 Å². The van der Waals surface area contributed by atoms with Crippen molar-refractivity contribution in [3.63, 3.8) is 0 Å². The number of halogens is 1. The van der Waals surface area contributed by atoms with Crippen LogP contribution in [0.2, 0.25) is 0 Å². The molecule has 1 aliphatic rings. The number of hydrogen-bond donors (Lipinski definition) is 1. The van der Waals surface area contributed by atoms with Gasteiger partial charge in [0.1, 0.15) is 11.9 Å². The van der Waals surface area contributed by atoms with Gasteiger partial charge in [0.25, 0.3) is 0 Å². The molecule has 1 atom stereocenters. The van der Waals surface area contributed by atoms with E-state index < -0.39 is 12.0 Å². The number of carbonyl (C=O) groups is 1. The van der Waals surface area contributed by atoms with Crippen LogP contribution < -0.4 is 10.6 Å². The first-order valence-corrected chi connectivity index (χ1v) is 4.99. The van der Waals surface area contributed by atoms with Crippen LogP contribution in [0.1, 0.15) is 6.42 Å². The third kappa shape index (κ3) is 2.39. The average Bonchev–Trinajstić information content (AvgIpc) is 2.65. The molecule has 2 rings (SSSR count). The topological polar surface area (TPSA) is 68.5 Å². The fourth-order valence-electron chi connectivity index (χ4n) is 1.77. The molecular weight excluding hydrogens is 213 g/mol. The zero-order valence-corrected chi connectivity index (χ0v) is 8.60. The normalized spacial score (nSPS) is 19.8. The zero-order valence-electron chi connectivity index (χ0n) is 8.60. The Morgan fingerprint density at radius 1 is 1.62 bits per heavy atom. The molecule has 2 heterocycles. The molecule has 1 aliphatic heterocycles. The third-order valence-corrected chi connectivity index (χ3v) is 2.45. The van der Waals surface area contributed by atoms with E-state index in [-0.39, 0.29) is 6.10 Å². The van der Waals surface area contributed by atoms with Gasteiger partial charge >= 0.3 is 6.09 Å². The number of hydrogen-bond acceptors (Lipinski definition) is 4. The standard InChI is InChI=1S/C10H12FN3O2/c11-8-2-1-3-9(13-8)14-5-4-7(6-14)16-10(12)15/h1-3,7H,4-6H2,(H2,12,15)/t7-/m1/s1. The Bertz CT molecular complexity index is 399. The molecule has 0 bridgehead atoms. The Morgan fingerprint density at radius 3 is 3.12 bits per heavy atom. The van der Waals surface area contributed by atoms with E-state index in [4.69, 9.17) is 10.5 Å². The fraction of sp³-hybridized carbons (Fsp3) is 0.400. The van der Waals surface area contributed by atoms with Crippen LogP contribution in [0.25, 0.3) is 0 Å². The van der Waals surface area contributed by atoms with Crippen molar-refractivity contribution in [2.75, 3.05) is 18.0 Å². The van der Waals surface area contributed by atoms with E-state index >= 15 is 0 Å². The van der Waals surface area contributed by atoms with Crippen LogP contribution in [-0.2, 0) is 4.74 Å². The summed E-state index contributed by atoms with van der Waals surface area (Å²) in [7, 11) is 0. The maximum Gasteiger partial charge on any atom is 0.404 e. The van der Waals surface area contributed by atoms with E-state index in [1.165, 1.54) is 6.07 Å². The number of rotatable bonds is 2. The van der Waals surface area contributed by atoms with Gasteiger partial charge in [0.05, 0.1) is 6.54 Å². The van der Waals surface area contributed by atoms with Crippen molar-refractivity contribution in [1.82, 2.24) is 4.98 Å². The quantitative estimate of drug-likeness (QED) is 0.759. The first-order valence-electron chi connectivity index (χ1n) is 4.99. The lowest BCUT2D eigenvalue weighted by Gasteiger charge is -2.16.